The highest BCUT2D eigenvalue weighted by atomic mass is 16.5. The highest BCUT2D eigenvalue weighted by molar-refractivity contribution is 5.39. The van der Waals surface area contributed by atoms with E-state index in [0.29, 0.717) is 0 Å². The molecule has 1 aromatic rings. The molecule has 2 N–H and O–H groups in total. The van der Waals surface area contributed by atoms with Crippen LogP contribution in [0.1, 0.15) is 37.4 Å². The molecule has 3 nitrogen and oxygen atoms in total. The van der Waals surface area contributed by atoms with Crippen LogP contribution < -0.4 is 10.1 Å². The van der Waals surface area contributed by atoms with Gasteiger partial charge in [0.2, 0.25) is 0 Å². The molecule has 3 heteroatoms. The van der Waals surface area contributed by atoms with Gasteiger partial charge in [0.15, 0.2) is 0 Å². The topological polar surface area (TPSA) is 41.5 Å². The van der Waals surface area contributed by atoms with Gasteiger partial charge in [-0.05, 0) is 26.3 Å². The first-order valence-corrected chi connectivity index (χ1v) is 6.13. The molecule has 0 aromatic heterocycles. The predicted molar refractivity (Wildman–Crippen MR) is 70.4 cm³/mol. The molecule has 0 aliphatic carbocycles. The van der Waals surface area contributed by atoms with Crippen molar-refractivity contribution in [2.24, 2.45) is 0 Å². The highest BCUT2D eigenvalue weighted by Gasteiger charge is 2.16. The van der Waals surface area contributed by atoms with Crippen LogP contribution in [0.2, 0.25) is 0 Å². The van der Waals surface area contributed by atoms with Gasteiger partial charge in [-0.2, -0.15) is 0 Å². The molecule has 17 heavy (non-hydrogen) atoms. The molecule has 0 bridgehead atoms. The van der Waals surface area contributed by atoms with Gasteiger partial charge in [0, 0.05) is 17.6 Å². The molecular weight excluding hydrogens is 214 g/mol. The minimum Gasteiger partial charge on any atom is -0.496 e. The number of benzene rings is 1. The van der Waals surface area contributed by atoms with Gasteiger partial charge >= 0.3 is 0 Å². The molecule has 1 unspecified atom stereocenters. The van der Waals surface area contributed by atoms with Crippen LogP contribution in [-0.4, -0.2) is 24.9 Å². The summed E-state index contributed by atoms with van der Waals surface area (Å²) in [7, 11) is 1.69. The minimum absolute atomic E-state index is 0.0881. The third-order valence-corrected chi connectivity index (χ3v) is 2.93. The summed E-state index contributed by atoms with van der Waals surface area (Å²) in [6.45, 7) is 6.32. The Bertz CT molecular complexity index is 352. The Morgan fingerprint density at radius 1 is 1.41 bits per heavy atom. The molecule has 1 rings (SSSR count). The van der Waals surface area contributed by atoms with Crippen molar-refractivity contribution >= 4 is 0 Å². The Hall–Kier alpha value is -1.06. The van der Waals surface area contributed by atoms with Crippen molar-refractivity contribution in [2.45, 2.75) is 39.3 Å². The molecule has 0 aliphatic heterocycles. The van der Waals surface area contributed by atoms with Gasteiger partial charge in [0.1, 0.15) is 5.75 Å². The number of nitrogens with one attached hydrogen (secondary N) is 1. The summed E-state index contributed by atoms with van der Waals surface area (Å²) in [6, 6.07) is 6.49. The lowest BCUT2D eigenvalue weighted by Gasteiger charge is -2.23. The fourth-order valence-corrected chi connectivity index (χ4v) is 1.95. The molecule has 0 saturated carbocycles. The number of aryl methyl sites for hydroxylation is 1. The van der Waals surface area contributed by atoms with Crippen molar-refractivity contribution in [3.8, 4) is 5.75 Å². The molecule has 0 amide bonds. The maximum Gasteiger partial charge on any atom is 0.123 e. The Labute approximate surface area is 104 Å². The zero-order valence-corrected chi connectivity index (χ0v) is 11.2. The van der Waals surface area contributed by atoms with Crippen LogP contribution >= 0.6 is 0 Å². The lowest BCUT2D eigenvalue weighted by molar-refractivity contribution is 0.238. The van der Waals surface area contributed by atoms with Crippen molar-refractivity contribution < 1.29 is 9.84 Å². The van der Waals surface area contributed by atoms with Crippen LogP contribution in [0.15, 0.2) is 18.2 Å². The second-order valence-electron chi connectivity index (χ2n) is 4.46. The van der Waals surface area contributed by atoms with Gasteiger partial charge in [0.25, 0.3) is 0 Å². The van der Waals surface area contributed by atoms with Crippen LogP contribution in [-0.2, 0) is 0 Å². The van der Waals surface area contributed by atoms with E-state index in [4.69, 9.17) is 9.84 Å². The average Bonchev–Trinajstić information content (AvgIpc) is 2.35. The monoisotopic (exact) mass is 237 g/mol. The fourth-order valence-electron chi connectivity index (χ4n) is 1.95. The quantitative estimate of drug-likeness (QED) is 0.798. The van der Waals surface area contributed by atoms with E-state index in [1.807, 2.05) is 19.1 Å². The standard InChI is InChI=1S/C14H23NO2/c1-5-13(15-11(3)9-16)12-8-10(2)6-7-14(12)17-4/h6-8,11,13,15-16H,5,9H2,1-4H3/t11-,13?/m1/s1. The SMILES string of the molecule is CCC(N[C@H](C)CO)c1cc(C)ccc1OC. The second kappa shape index (κ2) is 6.62. The molecular formula is C14H23NO2. The van der Waals surface area contributed by atoms with E-state index in [0.717, 1.165) is 17.7 Å². The van der Waals surface area contributed by atoms with Gasteiger partial charge in [-0.15, -0.1) is 0 Å². The van der Waals surface area contributed by atoms with E-state index < -0.39 is 0 Å². The average molecular weight is 237 g/mol. The fraction of sp³-hybridized carbons (Fsp3) is 0.571. The lowest BCUT2D eigenvalue weighted by Crippen LogP contribution is -2.33. The van der Waals surface area contributed by atoms with E-state index in [2.05, 4.69) is 25.2 Å². The number of ether oxygens (including phenoxy) is 1. The number of rotatable bonds is 6. The number of aliphatic hydroxyl groups is 1. The maximum atomic E-state index is 9.11. The Balaban J connectivity index is 2.97. The van der Waals surface area contributed by atoms with E-state index in [1.54, 1.807) is 7.11 Å². The zero-order valence-electron chi connectivity index (χ0n) is 11.2. The summed E-state index contributed by atoms with van der Waals surface area (Å²) in [4.78, 5) is 0. The smallest absolute Gasteiger partial charge is 0.123 e. The molecule has 96 valence electrons. The third kappa shape index (κ3) is 3.72. The first kappa shape index (κ1) is 14.0. The Morgan fingerprint density at radius 2 is 2.12 bits per heavy atom. The van der Waals surface area contributed by atoms with Crippen LogP contribution in [0.3, 0.4) is 0 Å². The van der Waals surface area contributed by atoms with Crippen LogP contribution in [0, 0.1) is 6.92 Å². The summed E-state index contributed by atoms with van der Waals surface area (Å²) < 4.78 is 5.40. The third-order valence-electron chi connectivity index (χ3n) is 2.93. The lowest BCUT2D eigenvalue weighted by atomic mass is 10.0. The van der Waals surface area contributed by atoms with Gasteiger partial charge < -0.3 is 15.2 Å². The minimum atomic E-state index is 0.0881. The summed E-state index contributed by atoms with van der Waals surface area (Å²) in [5.41, 5.74) is 2.38. The first-order chi connectivity index (χ1) is 8.12. The molecule has 0 radical (unpaired) electrons. The van der Waals surface area contributed by atoms with Gasteiger partial charge in [-0.1, -0.05) is 24.6 Å². The van der Waals surface area contributed by atoms with Crippen molar-refractivity contribution in [3.63, 3.8) is 0 Å². The summed E-state index contributed by atoms with van der Waals surface area (Å²) in [5, 5.41) is 12.5. The highest BCUT2D eigenvalue weighted by Crippen LogP contribution is 2.28. The number of methoxy groups -OCH3 is 1. The van der Waals surface area contributed by atoms with Gasteiger partial charge in [0.05, 0.1) is 13.7 Å². The van der Waals surface area contributed by atoms with E-state index in [9.17, 15) is 0 Å². The van der Waals surface area contributed by atoms with Crippen LogP contribution in [0.25, 0.3) is 0 Å². The normalized spacial score (nSPS) is 14.4. The Kier molecular flexibility index (Phi) is 5.45. The summed E-state index contributed by atoms with van der Waals surface area (Å²) in [6.07, 6.45) is 0.962. The molecule has 0 fully saturated rings. The van der Waals surface area contributed by atoms with E-state index in [1.165, 1.54) is 5.56 Å². The largest absolute Gasteiger partial charge is 0.496 e. The molecule has 2 atom stereocenters. The van der Waals surface area contributed by atoms with Gasteiger partial charge in [-0.3, -0.25) is 0 Å². The summed E-state index contributed by atoms with van der Waals surface area (Å²) in [5.74, 6) is 0.903. The van der Waals surface area contributed by atoms with Gasteiger partial charge in [-0.25, -0.2) is 0 Å². The zero-order chi connectivity index (χ0) is 12.8. The molecule has 0 aliphatic rings. The van der Waals surface area contributed by atoms with E-state index >= 15 is 0 Å². The number of hydrogen-bond donors (Lipinski definition) is 2. The van der Waals surface area contributed by atoms with E-state index in [-0.39, 0.29) is 18.7 Å². The second-order valence-corrected chi connectivity index (χ2v) is 4.46. The number of hydrogen-bond acceptors (Lipinski definition) is 3. The van der Waals surface area contributed by atoms with Crippen molar-refractivity contribution in [1.82, 2.24) is 5.32 Å². The Morgan fingerprint density at radius 3 is 2.65 bits per heavy atom. The first-order valence-electron chi connectivity index (χ1n) is 6.13. The van der Waals surface area contributed by atoms with Crippen molar-refractivity contribution in [2.75, 3.05) is 13.7 Å². The van der Waals surface area contributed by atoms with Crippen molar-refractivity contribution in [1.29, 1.82) is 0 Å². The predicted octanol–water partition coefficient (Wildman–Crippen LogP) is 2.43. The van der Waals surface area contributed by atoms with Crippen molar-refractivity contribution in [3.05, 3.63) is 29.3 Å². The van der Waals surface area contributed by atoms with Crippen LogP contribution in [0.4, 0.5) is 0 Å². The van der Waals surface area contributed by atoms with Crippen LogP contribution in [0.5, 0.6) is 5.75 Å². The molecule has 1 aromatic carbocycles. The number of aliphatic hydroxyl groups excluding tert-OH is 1. The summed E-state index contributed by atoms with van der Waals surface area (Å²) >= 11 is 0. The molecule has 0 saturated heterocycles. The molecule has 0 heterocycles. The maximum absolute atomic E-state index is 9.11. The molecule has 0 spiro atoms.